The number of unbranched alkanes of at least 4 members (excludes halogenated alkanes) is 3. The van der Waals surface area contributed by atoms with Crippen LogP contribution in [-0.4, -0.2) is 35.0 Å². The number of amides is 2. The highest BCUT2D eigenvalue weighted by atomic mass is 16.4. The molecular weight excluding hydrogens is 380 g/mol. The molecule has 1 unspecified atom stereocenters. The van der Waals surface area contributed by atoms with Crippen molar-refractivity contribution in [2.24, 2.45) is 0 Å². The minimum Gasteiger partial charge on any atom is -0.478 e. The Balaban J connectivity index is 1.98. The van der Waals surface area contributed by atoms with Gasteiger partial charge in [0.15, 0.2) is 0 Å². The van der Waals surface area contributed by atoms with Crippen molar-refractivity contribution in [2.45, 2.75) is 83.2 Å². The van der Waals surface area contributed by atoms with Gasteiger partial charge in [-0.15, -0.1) is 0 Å². The number of rotatable bonds is 11. The normalized spacial score (nSPS) is 15.6. The third-order valence-electron chi connectivity index (χ3n) is 5.51. The van der Waals surface area contributed by atoms with Crippen LogP contribution < -0.4 is 10.6 Å². The number of carboxylic acid groups (broad SMARTS) is 1. The molecule has 0 aliphatic heterocycles. The van der Waals surface area contributed by atoms with Crippen LogP contribution in [0, 0.1) is 0 Å². The van der Waals surface area contributed by atoms with Gasteiger partial charge in [-0.2, -0.15) is 0 Å². The van der Waals surface area contributed by atoms with E-state index in [-0.39, 0.29) is 17.9 Å². The first-order valence-electron chi connectivity index (χ1n) is 11.1. The van der Waals surface area contributed by atoms with Gasteiger partial charge in [0.1, 0.15) is 6.04 Å². The lowest BCUT2D eigenvalue weighted by Crippen LogP contribution is -2.50. The molecule has 1 fully saturated rings. The number of hydrogen-bond acceptors (Lipinski definition) is 3. The van der Waals surface area contributed by atoms with E-state index in [2.05, 4.69) is 17.6 Å². The topological polar surface area (TPSA) is 95.5 Å². The van der Waals surface area contributed by atoms with E-state index in [1.165, 1.54) is 12.5 Å². The van der Waals surface area contributed by atoms with Crippen molar-refractivity contribution < 1.29 is 19.5 Å². The minimum atomic E-state index is -1.02. The third-order valence-corrected chi connectivity index (χ3v) is 5.51. The zero-order chi connectivity index (χ0) is 21.8. The van der Waals surface area contributed by atoms with Crippen LogP contribution in [0.1, 0.15) is 87.1 Å². The summed E-state index contributed by atoms with van der Waals surface area (Å²) in [5.41, 5.74) is 1.15. The Labute approximate surface area is 179 Å². The fraction of sp³-hybridized carbons (Fsp3) is 0.542. The molecule has 1 saturated carbocycles. The molecular formula is C24H34N2O4. The summed E-state index contributed by atoms with van der Waals surface area (Å²) < 4.78 is 0. The maximum atomic E-state index is 12.9. The SMILES string of the molecule is CCCCCCC(NC(=O)c1ccc(/C=C/C(=O)O)cc1)C(=O)NC1CCCCC1. The van der Waals surface area contributed by atoms with Crippen molar-refractivity contribution in [3.8, 4) is 0 Å². The molecule has 0 saturated heterocycles. The average molecular weight is 415 g/mol. The van der Waals surface area contributed by atoms with Gasteiger partial charge in [0, 0.05) is 17.7 Å². The van der Waals surface area contributed by atoms with Crippen molar-refractivity contribution in [1.29, 1.82) is 0 Å². The van der Waals surface area contributed by atoms with Crippen molar-refractivity contribution in [1.82, 2.24) is 10.6 Å². The molecule has 164 valence electrons. The van der Waals surface area contributed by atoms with Crippen molar-refractivity contribution >= 4 is 23.9 Å². The standard InChI is InChI=1S/C24H34N2O4/c1-2-3-4-8-11-21(24(30)25-20-9-6-5-7-10-20)26-23(29)19-15-12-18(13-16-19)14-17-22(27)28/h12-17,20-21H,2-11H2,1H3,(H,25,30)(H,26,29)(H,27,28)/b17-14+. The van der Waals surface area contributed by atoms with Crippen LogP contribution >= 0.6 is 0 Å². The predicted molar refractivity (Wildman–Crippen MR) is 118 cm³/mol. The van der Waals surface area contributed by atoms with Gasteiger partial charge in [0.05, 0.1) is 0 Å². The van der Waals surface area contributed by atoms with E-state index in [1.807, 2.05) is 0 Å². The van der Waals surface area contributed by atoms with E-state index >= 15 is 0 Å². The molecule has 2 amide bonds. The van der Waals surface area contributed by atoms with Crippen molar-refractivity contribution in [3.63, 3.8) is 0 Å². The maximum Gasteiger partial charge on any atom is 0.328 e. The predicted octanol–water partition coefficient (Wildman–Crippen LogP) is 4.30. The van der Waals surface area contributed by atoms with Crippen LogP contribution in [0.4, 0.5) is 0 Å². The van der Waals surface area contributed by atoms with Crippen molar-refractivity contribution in [3.05, 3.63) is 41.5 Å². The first-order chi connectivity index (χ1) is 14.5. The summed E-state index contributed by atoms with van der Waals surface area (Å²) in [7, 11) is 0. The fourth-order valence-electron chi connectivity index (χ4n) is 3.75. The quantitative estimate of drug-likeness (QED) is 0.371. The Kier molecular flexibility index (Phi) is 10.1. The second kappa shape index (κ2) is 12.8. The van der Waals surface area contributed by atoms with E-state index in [1.54, 1.807) is 24.3 Å². The number of hydrogen-bond donors (Lipinski definition) is 3. The highest BCUT2D eigenvalue weighted by molar-refractivity contribution is 5.97. The molecule has 1 aromatic carbocycles. The summed E-state index contributed by atoms with van der Waals surface area (Å²) in [6.45, 7) is 2.14. The first kappa shape index (κ1) is 23.6. The van der Waals surface area contributed by atoms with Gasteiger partial charge >= 0.3 is 5.97 Å². The van der Waals surface area contributed by atoms with Crippen LogP contribution in [0.2, 0.25) is 0 Å². The molecule has 1 aromatic rings. The van der Waals surface area contributed by atoms with Gasteiger partial charge < -0.3 is 15.7 Å². The zero-order valence-electron chi connectivity index (χ0n) is 17.9. The molecule has 2 rings (SSSR count). The summed E-state index contributed by atoms with van der Waals surface area (Å²) in [5.74, 6) is -1.40. The number of aliphatic carboxylic acids is 1. The van der Waals surface area contributed by atoms with Gasteiger partial charge in [0.2, 0.25) is 5.91 Å². The zero-order valence-corrected chi connectivity index (χ0v) is 17.9. The summed E-state index contributed by atoms with van der Waals surface area (Å²) in [4.78, 5) is 36.2. The molecule has 30 heavy (non-hydrogen) atoms. The van der Waals surface area contributed by atoms with E-state index < -0.39 is 12.0 Å². The average Bonchev–Trinajstić information content (AvgIpc) is 2.75. The molecule has 6 heteroatoms. The number of nitrogens with one attached hydrogen (secondary N) is 2. The Bertz CT molecular complexity index is 721. The third kappa shape index (κ3) is 8.39. The smallest absolute Gasteiger partial charge is 0.328 e. The van der Waals surface area contributed by atoms with Gasteiger partial charge in [-0.1, -0.05) is 64.0 Å². The van der Waals surface area contributed by atoms with Crippen molar-refractivity contribution in [2.75, 3.05) is 0 Å². The Morgan fingerprint density at radius 3 is 2.40 bits per heavy atom. The number of carbonyl (C=O) groups excluding carboxylic acids is 2. The van der Waals surface area contributed by atoms with Gasteiger partial charge in [-0.05, 0) is 43.0 Å². The largest absolute Gasteiger partial charge is 0.478 e. The first-order valence-corrected chi connectivity index (χ1v) is 11.1. The molecule has 0 aromatic heterocycles. The van der Waals surface area contributed by atoms with Gasteiger partial charge in [-0.3, -0.25) is 9.59 Å². The molecule has 0 heterocycles. The number of carbonyl (C=O) groups is 3. The number of benzene rings is 1. The van der Waals surface area contributed by atoms with Crippen LogP contribution in [-0.2, 0) is 9.59 Å². The maximum absolute atomic E-state index is 12.9. The monoisotopic (exact) mass is 414 g/mol. The molecule has 0 bridgehead atoms. The van der Waals surface area contributed by atoms with E-state index in [9.17, 15) is 14.4 Å². The highest BCUT2D eigenvalue weighted by Gasteiger charge is 2.24. The van der Waals surface area contributed by atoms with E-state index in [0.29, 0.717) is 17.5 Å². The minimum absolute atomic E-state index is 0.0900. The summed E-state index contributed by atoms with van der Waals surface area (Å²) >= 11 is 0. The van der Waals surface area contributed by atoms with Crippen LogP contribution in [0.15, 0.2) is 30.3 Å². The van der Waals surface area contributed by atoms with E-state index in [4.69, 9.17) is 5.11 Å². The van der Waals surface area contributed by atoms with Gasteiger partial charge in [-0.25, -0.2) is 4.79 Å². The lowest BCUT2D eigenvalue weighted by Gasteiger charge is -2.26. The second-order valence-corrected chi connectivity index (χ2v) is 8.01. The second-order valence-electron chi connectivity index (χ2n) is 8.01. The summed E-state index contributed by atoms with van der Waals surface area (Å²) in [5, 5.41) is 14.7. The lowest BCUT2D eigenvalue weighted by atomic mass is 9.95. The molecule has 3 N–H and O–H groups in total. The molecule has 0 spiro atoms. The van der Waals surface area contributed by atoms with Crippen LogP contribution in [0.3, 0.4) is 0 Å². The van der Waals surface area contributed by atoms with Crippen LogP contribution in [0.25, 0.3) is 6.08 Å². The summed E-state index contributed by atoms with van der Waals surface area (Å²) in [6, 6.07) is 6.33. The van der Waals surface area contributed by atoms with E-state index in [0.717, 1.165) is 57.4 Å². The molecule has 6 nitrogen and oxygen atoms in total. The fourth-order valence-corrected chi connectivity index (χ4v) is 3.75. The number of carboxylic acids is 1. The molecule has 0 radical (unpaired) electrons. The molecule has 1 aliphatic carbocycles. The Morgan fingerprint density at radius 1 is 1.07 bits per heavy atom. The van der Waals surface area contributed by atoms with Crippen LogP contribution in [0.5, 0.6) is 0 Å². The summed E-state index contributed by atoms with van der Waals surface area (Å²) in [6.07, 6.45) is 12.9. The molecule has 1 aliphatic rings. The Hall–Kier alpha value is -2.63. The molecule has 1 atom stereocenters. The lowest BCUT2D eigenvalue weighted by molar-refractivity contribution is -0.131. The Morgan fingerprint density at radius 2 is 1.77 bits per heavy atom. The highest BCUT2D eigenvalue weighted by Crippen LogP contribution is 2.18. The van der Waals surface area contributed by atoms with Gasteiger partial charge in [0.25, 0.3) is 5.91 Å².